The molecule has 112 valence electrons. The number of fused-ring (bicyclic) bond motifs is 1. The highest BCUT2D eigenvalue weighted by Gasteiger charge is 2.26. The van der Waals surface area contributed by atoms with Crippen molar-refractivity contribution in [2.75, 3.05) is 13.2 Å². The molecule has 0 spiro atoms. The van der Waals surface area contributed by atoms with Crippen LogP contribution in [0.1, 0.15) is 18.4 Å². The Hall–Kier alpha value is -1.60. The smallest absolute Gasteiger partial charge is 0.243 e. The van der Waals surface area contributed by atoms with Crippen molar-refractivity contribution in [2.45, 2.75) is 25.4 Å². The topological polar surface area (TPSA) is 76.7 Å². The summed E-state index contributed by atoms with van der Waals surface area (Å²) in [6, 6.07) is 3.50. The van der Waals surface area contributed by atoms with E-state index in [-0.39, 0.29) is 17.9 Å². The van der Waals surface area contributed by atoms with Gasteiger partial charge in [-0.3, -0.25) is 14.9 Å². The summed E-state index contributed by atoms with van der Waals surface area (Å²) < 4.78 is 11.9. The third-order valence-electron chi connectivity index (χ3n) is 3.45. The molecule has 7 heteroatoms. The van der Waals surface area contributed by atoms with Crippen LogP contribution in [-0.2, 0) is 16.1 Å². The second-order valence-corrected chi connectivity index (χ2v) is 5.84. The standard InChI is InChI=1S/C14H15BrN2O4/c15-9-5-8(6-11-13(9)21-4-3-20-11)7-16-10-1-2-12(18)17-14(10)19/h5-6,10,16H,1-4,7H2,(H,17,18,19). The fraction of sp³-hybridized carbons (Fsp3) is 0.429. The summed E-state index contributed by atoms with van der Waals surface area (Å²) in [6.07, 6.45) is 0.893. The summed E-state index contributed by atoms with van der Waals surface area (Å²) in [5, 5.41) is 5.49. The van der Waals surface area contributed by atoms with Crippen molar-refractivity contribution in [2.24, 2.45) is 0 Å². The van der Waals surface area contributed by atoms with Gasteiger partial charge in [0.2, 0.25) is 11.8 Å². The van der Waals surface area contributed by atoms with Gasteiger partial charge in [0.1, 0.15) is 13.2 Å². The number of imide groups is 1. The van der Waals surface area contributed by atoms with Gasteiger partial charge >= 0.3 is 0 Å². The third-order valence-corrected chi connectivity index (χ3v) is 4.04. The van der Waals surface area contributed by atoms with Crippen LogP contribution in [0.15, 0.2) is 16.6 Å². The minimum Gasteiger partial charge on any atom is -0.486 e. The fourth-order valence-corrected chi connectivity index (χ4v) is 3.00. The predicted octanol–water partition coefficient (Wildman–Crippen LogP) is 1.12. The molecule has 2 aliphatic rings. The van der Waals surface area contributed by atoms with Crippen molar-refractivity contribution >= 4 is 27.7 Å². The van der Waals surface area contributed by atoms with Crippen LogP contribution in [0.4, 0.5) is 0 Å². The number of rotatable bonds is 3. The number of ether oxygens (including phenoxy) is 2. The summed E-state index contributed by atoms with van der Waals surface area (Å²) in [4.78, 5) is 22.8. The molecule has 0 aromatic heterocycles. The lowest BCUT2D eigenvalue weighted by Gasteiger charge is -2.23. The van der Waals surface area contributed by atoms with Crippen LogP contribution >= 0.6 is 15.9 Å². The molecule has 2 heterocycles. The van der Waals surface area contributed by atoms with Gasteiger partial charge in [-0.15, -0.1) is 0 Å². The Balaban J connectivity index is 1.67. The minimum absolute atomic E-state index is 0.208. The quantitative estimate of drug-likeness (QED) is 0.795. The van der Waals surface area contributed by atoms with Gasteiger partial charge in [0.15, 0.2) is 11.5 Å². The highest BCUT2D eigenvalue weighted by molar-refractivity contribution is 9.10. The van der Waals surface area contributed by atoms with E-state index in [1.807, 2.05) is 12.1 Å². The molecular weight excluding hydrogens is 340 g/mol. The lowest BCUT2D eigenvalue weighted by atomic mass is 10.1. The van der Waals surface area contributed by atoms with Gasteiger partial charge in [-0.05, 0) is 40.0 Å². The molecule has 0 saturated carbocycles. The highest BCUT2D eigenvalue weighted by Crippen LogP contribution is 2.38. The molecule has 1 saturated heterocycles. The Morgan fingerprint density at radius 1 is 1.29 bits per heavy atom. The second-order valence-electron chi connectivity index (χ2n) is 4.99. The average molecular weight is 355 g/mol. The first-order valence-corrected chi connectivity index (χ1v) is 7.58. The maximum atomic E-state index is 11.7. The van der Waals surface area contributed by atoms with Crippen LogP contribution < -0.4 is 20.1 Å². The normalized spacial score (nSPS) is 21.1. The van der Waals surface area contributed by atoms with Crippen molar-refractivity contribution in [1.82, 2.24) is 10.6 Å². The summed E-state index contributed by atoms with van der Waals surface area (Å²) in [5.41, 5.74) is 0.982. The van der Waals surface area contributed by atoms with Crippen molar-refractivity contribution < 1.29 is 19.1 Å². The molecule has 0 aliphatic carbocycles. The van der Waals surface area contributed by atoms with Crippen LogP contribution in [0.5, 0.6) is 11.5 Å². The predicted molar refractivity (Wildman–Crippen MR) is 78.1 cm³/mol. The van der Waals surface area contributed by atoms with Crippen LogP contribution in [0.3, 0.4) is 0 Å². The molecule has 0 radical (unpaired) electrons. The van der Waals surface area contributed by atoms with E-state index in [2.05, 4.69) is 26.6 Å². The van der Waals surface area contributed by atoms with Crippen molar-refractivity contribution in [3.05, 3.63) is 22.2 Å². The molecule has 1 unspecified atom stereocenters. The number of hydrogen-bond acceptors (Lipinski definition) is 5. The van der Waals surface area contributed by atoms with Gasteiger partial charge in [-0.2, -0.15) is 0 Å². The van der Waals surface area contributed by atoms with Crippen molar-refractivity contribution in [3.63, 3.8) is 0 Å². The molecular formula is C14H15BrN2O4. The first kappa shape index (κ1) is 14.3. The average Bonchev–Trinajstić information content (AvgIpc) is 2.46. The van der Waals surface area contributed by atoms with Crippen LogP contribution in [0.25, 0.3) is 0 Å². The van der Waals surface area contributed by atoms with E-state index in [0.29, 0.717) is 44.1 Å². The van der Waals surface area contributed by atoms with Crippen molar-refractivity contribution in [1.29, 1.82) is 0 Å². The number of benzene rings is 1. The molecule has 0 bridgehead atoms. The van der Waals surface area contributed by atoms with Gasteiger partial charge in [-0.1, -0.05) is 0 Å². The number of nitrogens with one attached hydrogen (secondary N) is 2. The molecule has 1 aromatic rings. The maximum Gasteiger partial charge on any atom is 0.243 e. The summed E-state index contributed by atoms with van der Waals surface area (Å²) in [6.45, 7) is 1.59. The molecule has 3 rings (SSSR count). The van der Waals surface area contributed by atoms with Gasteiger partial charge < -0.3 is 14.8 Å². The van der Waals surface area contributed by atoms with Gasteiger partial charge in [-0.25, -0.2) is 0 Å². The Kier molecular flexibility index (Phi) is 4.12. The Bertz CT molecular complexity index is 591. The zero-order valence-electron chi connectivity index (χ0n) is 11.3. The molecule has 2 N–H and O–H groups in total. The largest absolute Gasteiger partial charge is 0.486 e. The number of carbonyl (C=O) groups is 2. The molecule has 2 aliphatic heterocycles. The van der Waals surface area contributed by atoms with E-state index in [9.17, 15) is 9.59 Å². The Morgan fingerprint density at radius 2 is 2.10 bits per heavy atom. The molecule has 1 aromatic carbocycles. The Labute approximate surface area is 130 Å². The zero-order valence-corrected chi connectivity index (χ0v) is 12.9. The first-order valence-electron chi connectivity index (χ1n) is 6.78. The van der Waals surface area contributed by atoms with Gasteiger partial charge in [0.25, 0.3) is 0 Å². The second kappa shape index (κ2) is 6.03. The zero-order chi connectivity index (χ0) is 14.8. The summed E-state index contributed by atoms with van der Waals surface area (Å²) >= 11 is 3.46. The first-order chi connectivity index (χ1) is 10.1. The van der Waals surface area contributed by atoms with E-state index in [0.717, 1.165) is 10.0 Å². The lowest BCUT2D eigenvalue weighted by Crippen LogP contribution is -2.50. The SMILES string of the molecule is O=C1CCC(NCc2cc(Br)c3c(c2)OCCO3)C(=O)N1. The molecule has 1 atom stereocenters. The van der Waals surface area contributed by atoms with E-state index in [1.165, 1.54) is 0 Å². The number of hydrogen-bond donors (Lipinski definition) is 2. The molecule has 21 heavy (non-hydrogen) atoms. The van der Waals surface area contributed by atoms with Crippen molar-refractivity contribution in [3.8, 4) is 11.5 Å². The molecule has 6 nitrogen and oxygen atoms in total. The number of halogens is 1. The van der Waals surface area contributed by atoms with E-state index in [1.54, 1.807) is 0 Å². The number of amides is 2. The van der Waals surface area contributed by atoms with Gasteiger partial charge in [0.05, 0.1) is 10.5 Å². The fourth-order valence-electron chi connectivity index (χ4n) is 2.40. The minimum atomic E-state index is -0.338. The summed E-state index contributed by atoms with van der Waals surface area (Å²) in [7, 11) is 0. The van der Waals surface area contributed by atoms with Crippen LogP contribution in [-0.4, -0.2) is 31.1 Å². The van der Waals surface area contributed by atoms with E-state index >= 15 is 0 Å². The number of piperidine rings is 1. The maximum absolute atomic E-state index is 11.7. The lowest BCUT2D eigenvalue weighted by molar-refractivity contribution is -0.134. The molecule has 2 amide bonds. The van der Waals surface area contributed by atoms with Gasteiger partial charge in [0, 0.05) is 13.0 Å². The summed E-state index contributed by atoms with van der Waals surface area (Å²) in [5.74, 6) is 0.949. The third kappa shape index (κ3) is 3.19. The number of carbonyl (C=O) groups excluding carboxylic acids is 2. The Morgan fingerprint density at radius 3 is 2.90 bits per heavy atom. The highest BCUT2D eigenvalue weighted by atomic mass is 79.9. The van der Waals surface area contributed by atoms with E-state index in [4.69, 9.17) is 9.47 Å². The van der Waals surface area contributed by atoms with Crippen LogP contribution in [0, 0.1) is 0 Å². The van der Waals surface area contributed by atoms with E-state index < -0.39 is 0 Å². The molecule has 1 fully saturated rings. The monoisotopic (exact) mass is 354 g/mol. The van der Waals surface area contributed by atoms with Crippen LogP contribution in [0.2, 0.25) is 0 Å².